The standard InChI is InChI=1S/C25H30F3N3O4/c1-15-13-31(16(2)14-32)24(34)19-5-4-6-20(23(19)35-21(15)12-29-3)30-22(33)11-17-7-9-18(10-8-17)25(26,27)28/h4-10,15-16,21,29,32H,11-14H2,1-3H3,(H,30,33)/t15-,16+,21-/m1/s1. The molecule has 0 spiro atoms. The number of fused-ring (bicyclic) bond motifs is 1. The van der Waals surface area contributed by atoms with Crippen molar-refractivity contribution < 1.29 is 32.6 Å². The van der Waals surface area contributed by atoms with Crippen molar-refractivity contribution in [2.24, 2.45) is 5.92 Å². The topological polar surface area (TPSA) is 90.9 Å². The van der Waals surface area contributed by atoms with Crippen LogP contribution in [-0.2, 0) is 17.4 Å². The third-order valence-electron chi connectivity index (χ3n) is 6.02. The lowest BCUT2D eigenvalue weighted by Gasteiger charge is -2.37. The van der Waals surface area contributed by atoms with Gasteiger partial charge in [0.1, 0.15) is 6.10 Å². The molecule has 10 heteroatoms. The molecule has 0 unspecified atom stereocenters. The third kappa shape index (κ3) is 6.32. The summed E-state index contributed by atoms with van der Waals surface area (Å²) in [6.07, 6.45) is -4.93. The highest BCUT2D eigenvalue weighted by Gasteiger charge is 2.34. The van der Waals surface area contributed by atoms with Crippen LogP contribution in [0.3, 0.4) is 0 Å². The van der Waals surface area contributed by atoms with Gasteiger partial charge in [0.05, 0.1) is 35.9 Å². The summed E-state index contributed by atoms with van der Waals surface area (Å²) in [5.41, 5.74) is 0.172. The van der Waals surface area contributed by atoms with Gasteiger partial charge >= 0.3 is 6.18 Å². The minimum absolute atomic E-state index is 0.0792. The number of para-hydroxylation sites is 1. The Morgan fingerprint density at radius 2 is 1.91 bits per heavy atom. The van der Waals surface area contributed by atoms with E-state index in [0.717, 1.165) is 12.1 Å². The molecule has 0 radical (unpaired) electrons. The van der Waals surface area contributed by atoms with E-state index < -0.39 is 23.7 Å². The summed E-state index contributed by atoms with van der Waals surface area (Å²) < 4.78 is 44.6. The fourth-order valence-corrected chi connectivity index (χ4v) is 3.98. The van der Waals surface area contributed by atoms with Crippen molar-refractivity contribution in [3.05, 3.63) is 59.2 Å². The van der Waals surface area contributed by atoms with Crippen molar-refractivity contribution >= 4 is 17.5 Å². The zero-order valence-corrected chi connectivity index (χ0v) is 19.9. The van der Waals surface area contributed by atoms with E-state index in [2.05, 4.69) is 10.6 Å². The quantitative estimate of drug-likeness (QED) is 0.551. The predicted molar refractivity (Wildman–Crippen MR) is 125 cm³/mol. The minimum atomic E-state index is -4.45. The van der Waals surface area contributed by atoms with Gasteiger partial charge in [0.2, 0.25) is 5.91 Å². The number of ether oxygens (including phenoxy) is 1. The zero-order chi connectivity index (χ0) is 25.8. The van der Waals surface area contributed by atoms with E-state index in [1.165, 1.54) is 12.1 Å². The molecule has 0 aromatic heterocycles. The van der Waals surface area contributed by atoms with Crippen LogP contribution in [0.15, 0.2) is 42.5 Å². The summed E-state index contributed by atoms with van der Waals surface area (Å²) in [4.78, 5) is 27.7. The van der Waals surface area contributed by atoms with Crippen molar-refractivity contribution in [2.45, 2.75) is 38.6 Å². The average molecular weight is 494 g/mol. The number of carbonyl (C=O) groups is 2. The number of carbonyl (C=O) groups excluding carboxylic acids is 2. The molecule has 2 aromatic rings. The average Bonchev–Trinajstić information content (AvgIpc) is 2.81. The normalized spacial score (nSPS) is 19.3. The molecule has 1 heterocycles. The van der Waals surface area contributed by atoms with E-state index in [1.807, 2.05) is 6.92 Å². The third-order valence-corrected chi connectivity index (χ3v) is 6.02. The van der Waals surface area contributed by atoms with Crippen molar-refractivity contribution in [1.82, 2.24) is 10.2 Å². The minimum Gasteiger partial charge on any atom is -0.486 e. The fraction of sp³-hybridized carbons (Fsp3) is 0.440. The lowest BCUT2D eigenvalue weighted by molar-refractivity contribution is -0.137. The molecule has 2 aromatic carbocycles. The fourth-order valence-electron chi connectivity index (χ4n) is 3.98. The van der Waals surface area contributed by atoms with E-state index >= 15 is 0 Å². The van der Waals surface area contributed by atoms with E-state index in [4.69, 9.17) is 4.74 Å². The summed E-state index contributed by atoms with van der Waals surface area (Å²) in [6.45, 7) is 4.38. The molecule has 7 nitrogen and oxygen atoms in total. The Hall–Kier alpha value is -3.11. The van der Waals surface area contributed by atoms with Gasteiger partial charge in [-0.05, 0) is 43.8 Å². The van der Waals surface area contributed by atoms with Crippen LogP contribution in [0.4, 0.5) is 18.9 Å². The number of benzene rings is 2. The van der Waals surface area contributed by atoms with Crippen LogP contribution in [0.5, 0.6) is 5.75 Å². The van der Waals surface area contributed by atoms with Crippen LogP contribution in [0, 0.1) is 5.92 Å². The first-order valence-electron chi connectivity index (χ1n) is 11.4. The Balaban J connectivity index is 1.89. The Labute approximate surface area is 202 Å². The molecule has 2 amide bonds. The SMILES string of the molecule is CNC[C@H]1Oc2c(NC(=O)Cc3ccc(C(F)(F)F)cc3)cccc2C(=O)N([C@@H](C)CO)C[C@H]1C. The Kier molecular flexibility index (Phi) is 8.39. The molecule has 0 saturated carbocycles. The lowest BCUT2D eigenvalue weighted by atomic mass is 9.99. The molecule has 0 saturated heterocycles. The maximum absolute atomic E-state index is 13.4. The predicted octanol–water partition coefficient (Wildman–Crippen LogP) is 3.33. The largest absolute Gasteiger partial charge is 0.486 e. The molecule has 3 atom stereocenters. The number of halogens is 3. The van der Waals surface area contributed by atoms with Gasteiger partial charge in [-0.2, -0.15) is 13.2 Å². The van der Waals surface area contributed by atoms with Crippen molar-refractivity contribution in [1.29, 1.82) is 0 Å². The molecular weight excluding hydrogens is 463 g/mol. The highest BCUT2D eigenvalue weighted by Crippen LogP contribution is 2.35. The van der Waals surface area contributed by atoms with Crippen molar-refractivity contribution in [3.8, 4) is 5.75 Å². The Bertz CT molecular complexity index is 1040. The second kappa shape index (κ2) is 11.1. The van der Waals surface area contributed by atoms with Gasteiger partial charge in [0.25, 0.3) is 5.91 Å². The molecule has 190 valence electrons. The second-order valence-corrected chi connectivity index (χ2v) is 8.78. The van der Waals surface area contributed by atoms with E-state index in [1.54, 1.807) is 37.1 Å². The molecule has 35 heavy (non-hydrogen) atoms. The van der Waals surface area contributed by atoms with Crippen LogP contribution in [0.2, 0.25) is 0 Å². The smallest absolute Gasteiger partial charge is 0.416 e. The van der Waals surface area contributed by atoms with Gasteiger partial charge in [-0.1, -0.05) is 25.1 Å². The number of anilines is 1. The Morgan fingerprint density at radius 1 is 1.23 bits per heavy atom. The highest BCUT2D eigenvalue weighted by atomic mass is 19.4. The van der Waals surface area contributed by atoms with E-state index in [9.17, 15) is 27.9 Å². The molecular formula is C25H30F3N3O4. The molecule has 0 bridgehead atoms. The van der Waals surface area contributed by atoms with Gasteiger partial charge in [0, 0.05) is 19.0 Å². The number of likely N-dealkylation sites (N-methyl/N-ethyl adjacent to an activating group) is 1. The number of aliphatic hydroxyl groups excluding tert-OH is 1. The molecule has 3 rings (SSSR count). The van der Waals surface area contributed by atoms with Crippen LogP contribution in [0.25, 0.3) is 0 Å². The number of hydrogen-bond donors (Lipinski definition) is 3. The first-order chi connectivity index (χ1) is 16.5. The molecule has 0 fully saturated rings. The maximum atomic E-state index is 13.4. The maximum Gasteiger partial charge on any atom is 0.416 e. The number of nitrogens with zero attached hydrogens (tertiary/aromatic N) is 1. The Morgan fingerprint density at radius 3 is 2.51 bits per heavy atom. The molecule has 1 aliphatic heterocycles. The number of nitrogens with one attached hydrogen (secondary N) is 2. The van der Waals surface area contributed by atoms with E-state index in [0.29, 0.717) is 24.3 Å². The van der Waals surface area contributed by atoms with Crippen LogP contribution in [-0.4, -0.2) is 60.7 Å². The van der Waals surface area contributed by atoms with Gasteiger partial charge in [0.15, 0.2) is 5.75 Å². The molecule has 3 N–H and O–H groups in total. The van der Waals surface area contributed by atoms with Gasteiger partial charge in [-0.15, -0.1) is 0 Å². The van der Waals surface area contributed by atoms with Gasteiger partial charge < -0.3 is 25.4 Å². The van der Waals surface area contributed by atoms with Gasteiger partial charge in [-0.3, -0.25) is 9.59 Å². The van der Waals surface area contributed by atoms with E-state index in [-0.39, 0.29) is 42.3 Å². The van der Waals surface area contributed by atoms with Crippen molar-refractivity contribution in [2.75, 3.05) is 32.1 Å². The number of aliphatic hydroxyl groups is 1. The summed E-state index contributed by atoms with van der Waals surface area (Å²) in [7, 11) is 1.78. The van der Waals surface area contributed by atoms with Crippen molar-refractivity contribution in [3.63, 3.8) is 0 Å². The summed E-state index contributed by atoms with van der Waals surface area (Å²) in [5.74, 6) is -0.644. The van der Waals surface area contributed by atoms with Crippen LogP contribution >= 0.6 is 0 Å². The number of alkyl halides is 3. The summed E-state index contributed by atoms with van der Waals surface area (Å²) in [5, 5.41) is 15.5. The second-order valence-electron chi connectivity index (χ2n) is 8.78. The van der Waals surface area contributed by atoms with Crippen LogP contribution in [0.1, 0.15) is 35.3 Å². The first kappa shape index (κ1) is 26.5. The zero-order valence-electron chi connectivity index (χ0n) is 19.9. The van der Waals surface area contributed by atoms with Crippen LogP contribution < -0.4 is 15.4 Å². The number of rotatable bonds is 7. The number of amides is 2. The van der Waals surface area contributed by atoms with Gasteiger partial charge in [-0.25, -0.2) is 0 Å². The highest BCUT2D eigenvalue weighted by molar-refractivity contribution is 6.02. The lowest BCUT2D eigenvalue weighted by Crippen LogP contribution is -2.49. The molecule has 0 aliphatic carbocycles. The monoisotopic (exact) mass is 493 g/mol. The summed E-state index contributed by atoms with van der Waals surface area (Å²) in [6, 6.07) is 8.81. The summed E-state index contributed by atoms with van der Waals surface area (Å²) >= 11 is 0. The first-order valence-corrected chi connectivity index (χ1v) is 11.4. The molecule has 1 aliphatic rings. The number of hydrogen-bond acceptors (Lipinski definition) is 5.